The molecule has 3 N–H and O–H groups in total. The summed E-state index contributed by atoms with van der Waals surface area (Å²) in [7, 11) is 1.70. The molecule has 21 heavy (non-hydrogen) atoms. The van der Waals surface area contributed by atoms with Crippen LogP contribution in [0.15, 0.2) is 18.2 Å². The van der Waals surface area contributed by atoms with E-state index in [0.717, 1.165) is 31.0 Å². The highest BCUT2D eigenvalue weighted by molar-refractivity contribution is 5.95. The molecular weight excluding hydrogens is 270 g/mol. The van der Waals surface area contributed by atoms with E-state index >= 15 is 0 Å². The number of carbonyl (C=O) groups is 1. The molecule has 0 unspecified atom stereocenters. The summed E-state index contributed by atoms with van der Waals surface area (Å²) in [6, 6.07) is 4.50. The van der Waals surface area contributed by atoms with Crippen LogP contribution in [-0.2, 0) is 19.5 Å². The normalized spacial score (nSPS) is 13.2. The van der Waals surface area contributed by atoms with Crippen molar-refractivity contribution >= 4 is 11.6 Å². The van der Waals surface area contributed by atoms with E-state index in [1.807, 2.05) is 0 Å². The number of anilines is 1. The Morgan fingerprint density at radius 1 is 1.48 bits per heavy atom. The molecule has 0 aliphatic carbocycles. The summed E-state index contributed by atoms with van der Waals surface area (Å²) in [5.41, 5.74) is 6.19. The number of phenolic OH excluding ortho intramolecular Hbond substituents is 1. The Kier molecular flexibility index (Phi) is 3.25. The van der Waals surface area contributed by atoms with Crippen LogP contribution < -0.4 is 5.73 Å². The molecule has 0 spiro atoms. The molecule has 7 heteroatoms. The van der Waals surface area contributed by atoms with E-state index in [1.54, 1.807) is 18.0 Å². The third kappa shape index (κ3) is 2.42. The van der Waals surface area contributed by atoms with Crippen LogP contribution >= 0.6 is 0 Å². The van der Waals surface area contributed by atoms with Crippen LogP contribution in [-0.4, -0.2) is 37.7 Å². The monoisotopic (exact) mass is 287 g/mol. The number of nitrogens with zero attached hydrogens (tertiary/aromatic N) is 4. The Hall–Kier alpha value is -2.57. The maximum Gasteiger partial charge on any atom is 0.254 e. The molecule has 1 aliphatic rings. The van der Waals surface area contributed by atoms with Crippen molar-refractivity contribution in [1.82, 2.24) is 19.7 Å². The van der Waals surface area contributed by atoms with Crippen LogP contribution in [0.3, 0.4) is 0 Å². The van der Waals surface area contributed by atoms with Gasteiger partial charge in [-0.05, 0) is 24.6 Å². The number of benzene rings is 1. The summed E-state index contributed by atoms with van der Waals surface area (Å²) in [6.45, 7) is 1.29. The standard InChI is InChI=1S/C14H17N5O2/c1-18(8-13-17-16-12-3-2-6-19(12)13)14(21)9-4-5-10(15)11(20)7-9/h4-5,7,20H,2-3,6,8,15H2,1H3. The number of hydrogen-bond donors (Lipinski definition) is 2. The Bertz CT molecular complexity index is 695. The van der Waals surface area contributed by atoms with Crippen molar-refractivity contribution in [1.29, 1.82) is 0 Å². The SMILES string of the molecule is CN(Cc1nnc2n1CCC2)C(=O)c1ccc(N)c(O)c1. The predicted octanol–water partition coefficient (Wildman–Crippen LogP) is 0.784. The number of nitrogens with two attached hydrogens (primary N) is 1. The first-order valence-corrected chi connectivity index (χ1v) is 6.81. The van der Waals surface area contributed by atoms with Crippen molar-refractivity contribution < 1.29 is 9.90 Å². The minimum absolute atomic E-state index is 0.0855. The predicted molar refractivity (Wildman–Crippen MR) is 76.7 cm³/mol. The zero-order valence-corrected chi connectivity index (χ0v) is 11.8. The molecule has 0 saturated carbocycles. The Balaban J connectivity index is 1.76. The average Bonchev–Trinajstić information content (AvgIpc) is 3.06. The van der Waals surface area contributed by atoms with Crippen LogP contribution in [0.4, 0.5) is 5.69 Å². The first kappa shape index (κ1) is 13.4. The van der Waals surface area contributed by atoms with Crippen LogP contribution in [0, 0.1) is 0 Å². The Morgan fingerprint density at radius 2 is 2.29 bits per heavy atom. The molecule has 0 bridgehead atoms. The molecule has 0 fully saturated rings. The van der Waals surface area contributed by atoms with Crippen LogP contribution in [0.2, 0.25) is 0 Å². The number of aryl methyl sites for hydroxylation is 1. The van der Waals surface area contributed by atoms with Crippen molar-refractivity contribution in [2.75, 3.05) is 12.8 Å². The first-order valence-electron chi connectivity index (χ1n) is 6.81. The number of hydrogen-bond acceptors (Lipinski definition) is 5. The smallest absolute Gasteiger partial charge is 0.254 e. The zero-order valence-electron chi connectivity index (χ0n) is 11.8. The molecule has 2 heterocycles. The maximum atomic E-state index is 12.4. The van der Waals surface area contributed by atoms with Crippen LogP contribution in [0.1, 0.15) is 28.4 Å². The quantitative estimate of drug-likeness (QED) is 0.642. The van der Waals surface area contributed by atoms with E-state index in [1.165, 1.54) is 12.1 Å². The molecule has 1 aliphatic heterocycles. The largest absolute Gasteiger partial charge is 0.506 e. The molecule has 1 aromatic heterocycles. The lowest BCUT2D eigenvalue weighted by molar-refractivity contribution is 0.0779. The van der Waals surface area contributed by atoms with E-state index < -0.39 is 0 Å². The van der Waals surface area contributed by atoms with Crippen molar-refractivity contribution in [2.24, 2.45) is 0 Å². The van der Waals surface area contributed by atoms with E-state index in [2.05, 4.69) is 14.8 Å². The fourth-order valence-electron chi connectivity index (χ4n) is 2.51. The lowest BCUT2D eigenvalue weighted by Crippen LogP contribution is -2.27. The number of fused-ring (bicyclic) bond motifs is 1. The van der Waals surface area contributed by atoms with E-state index in [4.69, 9.17) is 5.73 Å². The Labute approximate surface area is 122 Å². The minimum Gasteiger partial charge on any atom is -0.506 e. The third-order valence-electron chi connectivity index (χ3n) is 3.69. The zero-order chi connectivity index (χ0) is 15.0. The van der Waals surface area contributed by atoms with Gasteiger partial charge in [0.05, 0.1) is 12.2 Å². The van der Waals surface area contributed by atoms with Gasteiger partial charge in [-0.3, -0.25) is 4.79 Å². The maximum absolute atomic E-state index is 12.4. The Morgan fingerprint density at radius 3 is 3.05 bits per heavy atom. The summed E-state index contributed by atoms with van der Waals surface area (Å²) < 4.78 is 2.06. The molecule has 1 aromatic carbocycles. The number of aromatic hydroxyl groups is 1. The van der Waals surface area contributed by atoms with Gasteiger partial charge in [0.15, 0.2) is 5.82 Å². The highest BCUT2D eigenvalue weighted by Gasteiger charge is 2.20. The van der Waals surface area contributed by atoms with Gasteiger partial charge in [0, 0.05) is 25.6 Å². The second-order valence-corrected chi connectivity index (χ2v) is 5.22. The van der Waals surface area contributed by atoms with Gasteiger partial charge in [-0.2, -0.15) is 0 Å². The first-order chi connectivity index (χ1) is 10.1. The number of carbonyl (C=O) groups excluding carboxylic acids is 1. The van der Waals surface area contributed by atoms with Gasteiger partial charge in [-0.25, -0.2) is 0 Å². The van der Waals surface area contributed by atoms with E-state index in [-0.39, 0.29) is 17.3 Å². The summed E-state index contributed by atoms with van der Waals surface area (Å²) >= 11 is 0. The lowest BCUT2D eigenvalue weighted by Gasteiger charge is -2.17. The number of rotatable bonds is 3. The minimum atomic E-state index is -0.194. The highest BCUT2D eigenvalue weighted by atomic mass is 16.3. The summed E-state index contributed by atoms with van der Waals surface area (Å²) in [5, 5.41) is 17.9. The summed E-state index contributed by atoms with van der Waals surface area (Å²) in [6.07, 6.45) is 2.01. The molecular formula is C14H17N5O2. The number of aromatic nitrogens is 3. The second-order valence-electron chi connectivity index (χ2n) is 5.22. The van der Waals surface area contributed by atoms with Crippen molar-refractivity contribution in [3.8, 4) is 5.75 Å². The fourth-order valence-corrected chi connectivity index (χ4v) is 2.51. The van der Waals surface area contributed by atoms with Gasteiger partial charge in [-0.1, -0.05) is 0 Å². The molecule has 0 radical (unpaired) electrons. The average molecular weight is 287 g/mol. The van der Waals surface area contributed by atoms with Gasteiger partial charge >= 0.3 is 0 Å². The number of nitrogen functional groups attached to an aromatic ring is 1. The number of amides is 1. The molecule has 3 rings (SSSR count). The van der Waals surface area contributed by atoms with Gasteiger partial charge in [0.2, 0.25) is 0 Å². The molecule has 0 saturated heterocycles. The second kappa shape index (κ2) is 5.08. The van der Waals surface area contributed by atoms with Crippen molar-refractivity contribution in [3.05, 3.63) is 35.4 Å². The molecule has 7 nitrogen and oxygen atoms in total. The summed E-state index contributed by atoms with van der Waals surface area (Å²) in [5.74, 6) is 1.49. The lowest BCUT2D eigenvalue weighted by atomic mass is 10.1. The van der Waals surface area contributed by atoms with Gasteiger partial charge < -0.3 is 20.3 Å². The molecule has 2 aromatic rings. The topological polar surface area (TPSA) is 97.3 Å². The van der Waals surface area contributed by atoms with E-state index in [9.17, 15) is 9.90 Å². The molecule has 110 valence electrons. The molecule has 0 atom stereocenters. The van der Waals surface area contributed by atoms with Crippen molar-refractivity contribution in [3.63, 3.8) is 0 Å². The number of phenols is 1. The summed E-state index contributed by atoms with van der Waals surface area (Å²) in [4.78, 5) is 13.9. The van der Waals surface area contributed by atoms with Crippen LogP contribution in [0.25, 0.3) is 0 Å². The fraction of sp³-hybridized carbons (Fsp3) is 0.357. The van der Waals surface area contributed by atoms with E-state index in [0.29, 0.717) is 12.1 Å². The van der Waals surface area contributed by atoms with Gasteiger partial charge in [-0.15, -0.1) is 10.2 Å². The van der Waals surface area contributed by atoms with Crippen molar-refractivity contribution in [2.45, 2.75) is 25.9 Å². The van der Waals surface area contributed by atoms with Crippen LogP contribution in [0.5, 0.6) is 5.75 Å². The third-order valence-corrected chi connectivity index (χ3v) is 3.69. The van der Waals surface area contributed by atoms with Gasteiger partial charge in [0.1, 0.15) is 11.6 Å². The van der Waals surface area contributed by atoms with Gasteiger partial charge in [0.25, 0.3) is 5.91 Å². The highest BCUT2D eigenvalue weighted by Crippen LogP contribution is 2.22. The molecule has 1 amide bonds.